The summed E-state index contributed by atoms with van der Waals surface area (Å²) < 4.78 is 44.9. The van der Waals surface area contributed by atoms with Crippen LogP contribution in [0.1, 0.15) is 16.7 Å². The third-order valence-corrected chi connectivity index (χ3v) is 4.87. The second-order valence-electron chi connectivity index (χ2n) is 7.26. The number of benzene rings is 2. The summed E-state index contributed by atoms with van der Waals surface area (Å²) in [7, 11) is 5.18. The Balaban J connectivity index is 1.80. The molecule has 2 aromatic rings. The minimum atomic E-state index is -4.56. The third kappa shape index (κ3) is 4.82. The number of methoxy groups -OCH3 is 1. The smallest absolute Gasteiger partial charge is 0.420 e. The maximum atomic E-state index is 13.4. The molecular weight excluding hydrogens is 383 g/mol. The van der Waals surface area contributed by atoms with Crippen LogP contribution >= 0.6 is 0 Å². The van der Waals surface area contributed by atoms with Crippen molar-refractivity contribution in [2.24, 2.45) is 0 Å². The predicted octanol–water partition coefficient (Wildman–Crippen LogP) is 4.41. The molecule has 29 heavy (non-hydrogen) atoms. The standard InChI is InChI=1S/C21H24F3N3O2/c1-26(2)9-7-14-5-4-6-16(11-14)25-20(28)27-10-8-15-12-19(29-3)17(13-18(15)27)21(22,23)24/h4-6,11-13H,7-10H2,1-3H3,(H,25,28). The molecule has 1 heterocycles. The van der Waals surface area contributed by atoms with Gasteiger partial charge in [-0.2, -0.15) is 13.2 Å². The first-order chi connectivity index (χ1) is 13.7. The fraction of sp³-hybridized carbons (Fsp3) is 0.381. The van der Waals surface area contributed by atoms with Crippen molar-refractivity contribution in [1.82, 2.24) is 4.90 Å². The van der Waals surface area contributed by atoms with E-state index in [9.17, 15) is 18.0 Å². The third-order valence-electron chi connectivity index (χ3n) is 4.87. The second-order valence-corrected chi connectivity index (χ2v) is 7.26. The molecule has 0 spiro atoms. The van der Waals surface area contributed by atoms with Gasteiger partial charge >= 0.3 is 12.2 Å². The molecule has 0 radical (unpaired) electrons. The largest absolute Gasteiger partial charge is 0.496 e. The van der Waals surface area contributed by atoms with Gasteiger partial charge in [0.2, 0.25) is 0 Å². The normalized spacial score (nSPS) is 13.6. The number of hydrogen-bond acceptors (Lipinski definition) is 3. The van der Waals surface area contributed by atoms with Gasteiger partial charge in [0.25, 0.3) is 0 Å². The maximum Gasteiger partial charge on any atom is 0.420 e. The van der Waals surface area contributed by atoms with E-state index in [1.54, 1.807) is 6.07 Å². The van der Waals surface area contributed by atoms with Crippen molar-refractivity contribution in [2.75, 3.05) is 44.5 Å². The molecule has 0 aliphatic carbocycles. The maximum absolute atomic E-state index is 13.4. The molecule has 0 bridgehead atoms. The molecule has 1 aliphatic rings. The number of halogens is 3. The molecule has 2 amide bonds. The van der Waals surface area contributed by atoms with Gasteiger partial charge in [0.05, 0.1) is 12.7 Å². The lowest BCUT2D eigenvalue weighted by Gasteiger charge is -2.20. The molecule has 156 valence electrons. The van der Waals surface area contributed by atoms with Crippen LogP contribution in [0.25, 0.3) is 0 Å². The molecule has 0 fully saturated rings. The molecule has 0 saturated heterocycles. The first-order valence-electron chi connectivity index (χ1n) is 9.29. The van der Waals surface area contributed by atoms with Crippen molar-refractivity contribution in [3.05, 3.63) is 53.1 Å². The molecule has 0 aromatic heterocycles. The van der Waals surface area contributed by atoms with Crippen molar-refractivity contribution in [2.45, 2.75) is 19.0 Å². The van der Waals surface area contributed by atoms with Crippen molar-refractivity contribution < 1.29 is 22.7 Å². The fourth-order valence-corrected chi connectivity index (χ4v) is 3.36. The van der Waals surface area contributed by atoms with Crippen LogP contribution in [-0.2, 0) is 19.0 Å². The zero-order valence-corrected chi connectivity index (χ0v) is 16.6. The summed E-state index contributed by atoms with van der Waals surface area (Å²) in [6, 6.07) is 9.39. The Morgan fingerprint density at radius 2 is 2.00 bits per heavy atom. The van der Waals surface area contributed by atoms with Crippen molar-refractivity contribution in [3.63, 3.8) is 0 Å². The van der Waals surface area contributed by atoms with Gasteiger partial charge in [0.1, 0.15) is 5.75 Å². The number of nitrogens with zero attached hydrogens (tertiary/aromatic N) is 2. The summed E-state index contributed by atoms with van der Waals surface area (Å²) in [5.74, 6) is -0.230. The Kier molecular flexibility index (Phi) is 6.02. The number of ether oxygens (including phenoxy) is 1. The van der Waals surface area contributed by atoms with Crippen LogP contribution in [0, 0.1) is 0 Å². The van der Waals surface area contributed by atoms with Gasteiger partial charge in [-0.25, -0.2) is 4.79 Å². The van der Waals surface area contributed by atoms with Crippen LogP contribution in [0.15, 0.2) is 36.4 Å². The van der Waals surface area contributed by atoms with Gasteiger partial charge < -0.3 is 15.0 Å². The van der Waals surface area contributed by atoms with Crippen molar-refractivity contribution in [3.8, 4) is 5.75 Å². The highest BCUT2D eigenvalue weighted by molar-refractivity contribution is 6.03. The minimum Gasteiger partial charge on any atom is -0.496 e. The highest BCUT2D eigenvalue weighted by Crippen LogP contribution is 2.42. The van der Waals surface area contributed by atoms with Gasteiger partial charge in [-0.05, 0) is 62.3 Å². The number of anilines is 2. The number of urea groups is 1. The van der Waals surface area contributed by atoms with Gasteiger partial charge in [0, 0.05) is 24.5 Å². The summed E-state index contributed by atoms with van der Waals surface area (Å²) in [5.41, 5.74) is 1.72. The van der Waals surface area contributed by atoms with Gasteiger partial charge in [0.15, 0.2) is 0 Å². The highest BCUT2D eigenvalue weighted by Gasteiger charge is 2.37. The molecule has 0 unspecified atom stereocenters. The quantitative estimate of drug-likeness (QED) is 0.799. The van der Waals surface area contributed by atoms with E-state index in [-0.39, 0.29) is 11.4 Å². The van der Waals surface area contributed by atoms with Crippen LogP contribution < -0.4 is 15.0 Å². The predicted molar refractivity (Wildman–Crippen MR) is 107 cm³/mol. The van der Waals surface area contributed by atoms with E-state index in [2.05, 4.69) is 10.2 Å². The van der Waals surface area contributed by atoms with Crippen molar-refractivity contribution >= 4 is 17.4 Å². The van der Waals surface area contributed by atoms with Crippen LogP contribution in [0.4, 0.5) is 29.3 Å². The molecule has 8 heteroatoms. The summed E-state index contributed by atoms with van der Waals surface area (Å²) in [6.07, 6.45) is -3.26. The monoisotopic (exact) mass is 407 g/mol. The second kappa shape index (κ2) is 8.32. The molecule has 1 aliphatic heterocycles. The Bertz CT molecular complexity index is 897. The number of hydrogen-bond donors (Lipinski definition) is 1. The first-order valence-corrected chi connectivity index (χ1v) is 9.29. The number of fused-ring (bicyclic) bond motifs is 1. The summed E-state index contributed by atoms with van der Waals surface area (Å²) in [6.45, 7) is 1.19. The summed E-state index contributed by atoms with van der Waals surface area (Å²) >= 11 is 0. The number of likely N-dealkylation sites (N-methyl/N-ethyl adjacent to an activating group) is 1. The van der Waals surface area contributed by atoms with E-state index in [1.165, 1.54) is 18.1 Å². The van der Waals surface area contributed by atoms with Crippen LogP contribution in [0.3, 0.4) is 0 Å². The summed E-state index contributed by atoms with van der Waals surface area (Å²) in [4.78, 5) is 16.2. The Labute approximate surface area is 168 Å². The Morgan fingerprint density at radius 1 is 1.24 bits per heavy atom. The van der Waals surface area contributed by atoms with E-state index < -0.39 is 17.8 Å². The number of alkyl halides is 3. The first kappa shape index (κ1) is 21.0. The Morgan fingerprint density at radius 3 is 2.66 bits per heavy atom. The topological polar surface area (TPSA) is 44.8 Å². The lowest BCUT2D eigenvalue weighted by molar-refractivity contribution is -0.138. The van der Waals surface area contributed by atoms with Crippen LogP contribution in [0.5, 0.6) is 5.75 Å². The van der Waals surface area contributed by atoms with E-state index in [4.69, 9.17) is 4.74 Å². The van der Waals surface area contributed by atoms with E-state index >= 15 is 0 Å². The Hall–Kier alpha value is -2.74. The lowest BCUT2D eigenvalue weighted by atomic mass is 10.1. The molecule has 3 rings (SSSR count). The number of rotatable bonds is 5. The molecule has 0 saturated carbocycles. The minimum absolute atomic E-state index is 0.230. The fourth-order valence-electron chi connectivity index (χ4n) is 3.36. The average molecular weight is 407 g/mol. The molecular formula is C21H24F3N3O2. The van der Waals surface area contributed by atoms with E-state index in [0.29, 0.717) is 24.2 Å². The SMILES string of the molecule is COc1cc2c(cc1C(F)(F)F)N(C(=O)Nc1cccc(CCN(C)C)c1)CC2. The molecule has 0 atom stereocenters. The average Bonchev–Trinajstić information content (AvgIpc) is 3.08. The zero-order valence-electron chi connectivity index (χ0n) is 16.6. The number of carbonyl (C=O) groups is 1. The van der Waals surface area contributed by atoms with E-state index in [0.717, 1.165) is 24.6 Å². The zero-order chi connectivity index (χ0) is 21.2. The highest BCUT2D eigenvalue weighted by atomic mass is 19.4. The van der Waals surface area contributed by atoms with Crippen LogP contribution in [-0.4, -0.2) is 45.2 Å². The summed E-state index contributed by atoms with van der Waals surface area (Å²) in [5, 5.41) is 2.80. The van der Waals surface area contributed by atoms with E-state index in [1.807, 2.05) is 32.3 Å². The lowest BCUT2D eigenvalue weighted by Crippen LogP contribution is -2.33. The molecule has 1 N–H and O–H groups in total. The van der Waals surface area contributed by atoms with Gasteiger partial charge in [-0.3, -0.25) is 4.90 Å². The van der Waals surface area contributed by atoms with Crippen LogP contribution in [0.2, 0.25) is 0 Å². The molecule has 5 nitrogen and oxygen atoms in total. The van der Waals surface area contributed by atoms with Gasteiger partial charge in [-0.15, -0.1) is 0 Å². The number of carbonyl (C=O) groups excluding carboxylic acids is 1. The van der Waals surface area contributed by atoms with Gasteiger partial charge in [-0.1, -0.05) is 12.1 Å². The molecule has 2 aromatic carbocycles. The number of amides is 2. The number of nitrogens with one attached hydrogen (secondary N) is 1. The van der Waals surface area contributed by atoms with Crippen molar-refractivity contribution in [1.29, 1.82) is 0 Å².